The van der Waals surface area contributed by atoms with Crippen molar-refractivity contribution in [2.75, 3.05) is 0 Å². The van der Waals surface area contributed by atoms with Crippen molar-refractivity contribution in [1.29, 1.82) is 0 Å². The first-order chi connectivity index (χ1) is 14.6. The number of nitrogens with zero attached hydrogens (tertiary/aromatic N) is 2. The number of benzene rings is 3. The summed E-state index contributed by atoms with van der Waals surface area (Å²) in [5.41, 5.74) is 3.60. The number of thiazole rings is 1. The SMILES string of the molecule is O=c1c(=Cc2cc(Br)c(OCc3ccccc3)c(Br)c2)sc2nc3ccccc3n12. The monoisotopic (exact) mass is 540 g/mol. The Morgan fingerprint density at radius 2 is 1.70 bits per heavy atom. The summed E-state index contributed by atoms with van der Waals surface area (Å²) < 4.78 is 9.93. The molecule has 148 valence electrons. The van der Waals surface area contributed by atoms with Gasteiger partial charge >= 0.3 is 0 Å². The van der Waals surface area contributed by atoms with Gasteiger partial charge in [-0.2, -0.15) is 0 Å². The molecule has 0 N–H and O–H groups in total. The average Bonchev–Trinajstić information content (AvgIpc) is 3.24. The Labute approximate surface area is 192 Å². The molecule has 4 nitrogen and oxygen atoms in total. The third-order valence-electron chi connectivity index (χ3n) is 4.69. The van der Waals surface area contributed by atoms with Crippen molar-refractivity contribution >= 4 is 65.3 Å². The molecule has 0 aliphatic rings. The van der Waals surface area contributed by atoms with Crippen LogP contribution in [-0.4, -0.2) is 9.38 Å². The fourth-order valence-electron chi connectivity index (χ4n) is 3.29. The van der Waals surface area contributed by atoms with E-state index in [1.807, 2.05) is 72.8 Å². The van der Waals surface area contributed by atoms with Crippen molar-refractivity contribution < 1.29 is 4.74 Å². The molecule has 5 aromatic rings. The van der Waals surface area contributed by atoms with E-state index >= 15 is 0 Å². The smallest absolute Gasteiger partial charge is 0.274 e. The zero-order valence-corrected chi connectivity index (χ0v) is 19.5. The Morgan fingerprint density at radius 3 is 2.47 bits per heavy atom. The van der Waals surface area contributed by atoms with Gasteiger partial charge in [-0.05, 0) is 73.3 Å². The van der Waals surface area contributed by atoms with Gasteiger partial charge in [0.05, 0.1) is 24.5 Å². The quantitative estimate of drug-likeness (QED) is 0.299. The molecule has 0 aliphatic carbocycles. The van der Waals surface area contributed by atoms with Crippen molar-refractivity contribution in [3.8, 4) is 5.75 Å². The molecular weight excluding hydrogens is 528 g/mol. The maximum absolute atomic E-state index is 13.0. The van der Waals surface area contributed by atoms with Crippen LogP contribution < -0.4 is 14.8 Å². The molecule has 0 saturated heterocycles. The Bertz CT molecular complexity index is 1470. The lowest BCUT2D eigenvalue weighted by Gasteiger charge is -2.11. The highest BCUT2D eigenvalue weighted by Gasteiger charge is 2.12. The summed E-state index contributed by atoms with van der Waals surface area (Å²) in [5, 5.41) is 0. The van der Waals surface area contributed by atoms with Crippen LogP contribution >= 0.6 is 43.2 Å². The van der Waals surface area contributed by atoms with Gasteiger partial charge in [-0.15, -0.1) is 0 Å². The molecular formula is C23H14Br2N2O2S. The van der Waals surface area contributed by atoms with Crippen LogP contribution in [0.3, 0.4) is 0 Å². The Hall–Kier alpha value is -2.48. The number of imidazole rings is 1. The molecule has 0 atom stereocenters. The molecule has 0 amide bonds. The van der Waals surface area contributed by atoms with Crippen molar-refractivity contribution in [2.45, 2.75) is 6.61 Å². The minimum atomic E-state index is -0.0552. The fourth-order valence-corrected chi connectivity index (χ4v) is 5.73. The maximum atomic E-state index is 13.0. The molecule has 30 heavy (non-hydrogen) atoms. The van der Waals surface area contributed by atoms with Crippen LogP contribution in [0, 0.1) is 0 Å². The van der Waals surface area contributed by atoms with Crippen molar-refractivity contribution in [2.24, 2.45) is 0 Å². The van der Waals surface area contributed by atoms with E-state index in [9.17, 15) is 4.79 Å². The predicted octanol–water partition coefficient (Wildman–Crippen LogP) is 5.56. The third kappa shape index (κ3) is 3.57. The molecule has 0 unspecified atom stereocenters. The van der Waals surface area contributed by atoms with Gasteiger partial charge in [0.25, 0.3) is 5.56 Å². The van der Waals surface area contributed by atoms with Crippen LogP contribution in [0.15, 0.2) is 80.5 Å². The molecule has 0 radical (unpaired) electrons. The molecule has 2 aromatic heterocycles. The second-order valence-corrected chi connectivity index (χ2v) is 9.44. The topological polar surface area (TPSA) is 43.6 Å². The minimum Gasteiger partial charge on any atom is -0.487 e. The molecule has 0 aliphatic heterocycles. The predicted molar refractivity (Wildman–Crippen MR) is 128 cm³/mol. The van der Waals surface area contributed by atoms with Gasteiger partial charge in [-0.1, -0.05) is 53.8 Å². The highest BCUT2D eigenvalue weighted by atomic mass is 79.9. The summed E-state index contributed by atoms with van der Waals surface area (Å²) in [5.74, 6) is 0.727. The van der Waals surface area contributed by atoms with Gasteiger partial charge in [-0.25, -0.2) is 9.38 Å². The first-order valence-corrected chi connectivity index (χ1v) is 11.6. The van der Waals surface area contributed by atoms with Crippen LogP contribution in [0.1, 0.15) is 11.1 Å². The zero-order valence-electron chi connectivity index (χ0n) is 15.5. The second-order valence-electron chi connectivity index (χ2n) is 6.72. The average molecular weight is 542 g/mol. The van der Waals surface area contributed by atoms with E-state index in [0.29, 0.717) is 16.1 Å². The van der Waals surface area contributed by atoms with Gasteiger partial charge in [0.15, 0.2) is 4.96 Å². The lowest BCUT2D eigenvalue weighted by atomic mass is 10.2. The van der Waals surface area contributed by atoms with E-state index < -0.39 is 0 Å². The van der Waals surface area contributed by atoms with Gasteiger partial charge in [0, 0.05) is 0 Å². The van der Waals surface area contributed by atoms with E-state index in [1.54, 1.807) is 4.40 Å². The van der Waals surface area contributed by atoms with E-state index in [-0.39, 0.29) is 5.56 Å². The number of fused-ring (bicyclic) bond motifs is 3. The van der Waals surface area contributed by atoms with Gasteiger partial charge in [-0.3, -0.25) is 4.79 Å². The second kappa shape index (κ2) is 7.98. The van der Waals surface area contributed by atoms with Gasteiger partial charge < -0.3 is 4.74 Å². The lowest BCUT2D eigenvalue weighted by Crippen LogP contribution is -2.22. The van der Waals surface area contributed by atoms with Crippen LogP contribution in [0.2, 0.25) is 0 Å². The normalized spacial score (nSPS) is 12.1. The highest BCUT2D eigenvalue weighted by Crippen LogP contribution is 2.35. The van der Waals surface area contributed by atoms with Crippen LogP contribution in [0.4, 0.5) is 0 Å². The van der Waals surface area contributed by atoms with Crippen molar-refractivity contribution in [3.05, 3.63) is 102 Å². The minimum absolute atomic E-state index is 0.0552. The first kappa shape index (κ1) is 19.5. The van der Waals surface area contributed by atoms with Gasteiger partial charge in [0.1, 0.15) is 12.4 Å². The van der Waals surface area contributed by atoms with Crippen LogP contribution in [0.5, 0.6) is 5.75 Å². The Morgan fingerprint density at radius 1 is 1.00 bits per heavy atom. The summed E-state index contributed by atoms with van der Waals surface area (Å²) in [7, 11) is 0. The summed E-state index contributed by atoms with van der Waals surface area (Å²) in [6.07, 6.45) is 1.88. The fraction of sp³-hybridized carbons (Fsp3) is 0.0435. The van der Waals surface area contributed by atoms with E-state index in [4.69, 9.17) is 4.74 Å². The number of hydrogen-bond acceptors (Lipinski definition) is 4. The molecule has 2 heterocycles. The molecule has 5 rings (SSSR count). The highest BCUT2D eigenvalue weighted by molar-refractivity contribution is 9.11. The van der Waals surface area contributed by atoms with Crippen LogP contribution in [0.25, 0.3) is 22.1 Å². The molecule has 7 heteroatoms. The number of halogens is 2. The first-order valence-electron chi connectivity index (χ1n) is 9.17. The number of para-hydroxylation sites is 2. The van der Waals surface area contributed by atoms with E-state index in [0.717, 1.165) is 36.9 Å². The number of aromatic nitrogens is 2. The van der Waals surface area contributed by atoms with E-state index in [1.165, 1.54) is 11.3 Å². The number of rotatable bonds is 4. The number of hydrogen-bond donors (Lipinski definition) is 0. The van der Waals surface area contributed by atoms with Crippen molar-refractivity contribution in [1.82, 2.24) is 9.38 Å². The summed E-state index contributed by atoms with van der Waals surface area (Å²) in [6.45, 7) is 0.473. The van der Waals surface area contributed by atoms with Crippen LogP contribution in [-0.2, 0) is 6.61 Å². The largest absolute Gasteiger partial charge is 0.487 e. The lowest BCUT2D eigenvalue weighted by molar-refractivity contribution is 0.302. The molecule has 3 aromatic carbocycles. The molecule has 0 bridgehead atoms. The molecule has 0 spiro atoms. The standard InChI is InChI=1S/C23H14Br2N2O2S/c24-16-10-15(11-17(25)21(16)29-13-14-6-2-1-3-7-14)12-20-22(28)27-19-9-5-4-8-18(19)26-23(27)30-20/h1-12H,13H2. The van der Waals surface area contributed by atoms with Gasteiger partial charge in [0.2, 0.25) is 0 Å². The summed E-state index contributed by atoms with van der Waals surface area (Å²) >= 11 is 8.58. The maximum Gasteiger partial charge on any atom is 0.274 e. The Kier molecular flexibility index (Phi) is 5.18. The molecule has 0 fully saturated rings. The summed E-state index contributed by atoms with van der Waals surface area (Å²) in [6, 6.07) is 21.6. The summed E-state index contributed by atoms with van der Waals surface area (Å²) in [4.78, 5) is 18.2. The zero-order chi connectivity index (χ0) is 20.7. The van der Waals surface area contributed by atoms with E-state index in [2.05, 4.69) is 36.8 Å². The number of ether oxygens (including phenoxy) is 1. The Balaban J connectivity index is 1.51. The van der Waals surface area contributed by atoms with Crippen molar-refractivity contribution in [3.63, 3.8) is 0 Å². The molecule has 0 saturated carbocycles. The third-order valence-corrected chi connectivity index (χ3v) is 6.84.